The van der Waals surface area contributed by atoms with Gasteiger partial charge in [-0.1, -0.05) is 35.3 Å². The molecule has 0 radical (unpaired) electrons. The second-order valence-electron chi connectivity index (χ2n) is 6.43. The number of rotatable bonds is 10. The van der Waals surface area contributed by atoms with Crippen molar-refractivity contribution in [2.45, 2.75) is 19.8 Å². The smallest absolute Gasteiger partial charge is 0.240 e. The molecule has 1 amide bonds. The Balaban J connectivity index is 1.88. The number of nitrogens with zero attached hydrogens (tertiary/aromatic N) is 1. The highest BCUT2D eigenvalue weighted by atomic mass is 35.5. The Hall–Kier alpha value is -1.96. The third-order valence-corrected chi connectivity index (χ3v) is 5.60. The van der Waals surface area contributed by atoms with Crippen LogP contribution in [0.4, 0.5) is 5.69 Å². The molecule has 1 N–H and O–H groups in total. The molecule has 0 bridgehead atoms. The summed E-state index contributed by atoms with van der Waals surface area (Å²) in [6, 6.07) is 12.2. The first-order valence-electron chi connectivity index (χ1n) is 9.11. The van der Waals surface area contributed by atoms with Gasteiger partial charge in [-0.25, -0.2) is 8.42 Å². The normalized spacial score (nSPS) is 11.2. The number of aryl methyl sites for hydroxylation is 1. The van der Waals surface area contributed by atoms with Crippen LogP contribution in [0.25, 0.3) is 0 Å². The van der Waals surface area contributed by atoms with E-state index in [0.717, 1.165) is 34.7 Å². The summed E-state index contributed by atoms with van der Waals surface area (Å²) in [6.07, 6.45) is 2.54. The van der Waals surface area contributed by atoms with Crippen LogP contribution in [0.15, 0.2) is 42.5 Å². The summed E-state index contributed by atoms with van der Waals surface area (Å²) < 4.78 is 30.6. The molecule has 0 atom stereocenters. The van der Waals surface area contributed by atoms with Gasteiger partial charge in [0.1, 0.15) is 12.3 Å². The van der Waals surface area contributed by atoms with Crippen LogP contribution >= 0.6 is 23.2 Å². The highest BCUT2D eigenvalue weighted by molar-refractivity contribution is 7.92. The zero-order valence-electron chi connectivity index (χ0n) is 16.3. The Morgan fingerprint density at radius 2 is 1.72 bits per heavy atom. The average Bonchev–Trinajstić information content (AvgIpc) is 2.63. The Morgan fingerprint density at radius 1 is 1.10 bits per heavy atom. The summed E-state index contributed by atoms with van der Waals surface area (Å²) in [5.41, 5.74) is 1.38. The fourth-order valence-corrected chi connectivity index (χ4v) is 4.06. The molecule has 0 aromatic heterocycles. The summed E-state index contributed by atoms with van der Waals surface area (Å²) in [7, 11) is -3.69. The van der Waals surface area contributed by atoms with Crippen molar-refractivity contribution in [1.82, 2.24) is 5.32 Å². The first kappa shape index (κ1) is 23.3. The number of nitrogens with one attached hydrogen (secondary N) is 1. The Morgan fingerprint density at radius 3 is 2.28 bits per heavy atom. The predicted molar refractivity (Wildman–Crippen MR) is 118 cm³/mol. The molecule has 0 aliphatic heterocycles. The van der Waals surface area contributed by atoms with Crippen LogP contribution < -0.4 is 14.4 Å². The topological polar surface area (TPSA) is 75.7 Å². The van der Waals surface area contributed by atoms with Crippen LogP contribution in [0.5, 0.6) is 5.75 Å². The lowest BCUT2D eigenvalue weighted by atomic mass is 10.1. The summed E-state index contributed by atoms with van der Waals surface area (Å²) in [5.74, 6) is 0.421. The van der Waals surface area contributed by atoms with Crippen molar-refractivity contribution >= 4 is 44.8 Å². The van der Waals surface area contributed by atoms with Crippen molar-refractivity contribution < 1.29 is 17.9 Å². The summed E-state index contributed by atoms with van der Waals surface area (Å²) in [4.78, 5) is 12.3. The minimum atomic E-state index is -3.69. The van der Waals surface area contributed by atoms with E-state index < -0.39 is 15.9 Å². The minimum Gasteiger partial charge on any atom is -0.494 e. The van der Waals surface area contributed by atoms with Gasteiger partial charge in [0.05, 0.1) is 18.6 Å². The Labute approximate surface area is 181 Å². The van der Waals surface area contributed by atoms with E-state index in [1.54, 1.807) is 0 Å². The van der Waals surface area contributed by atoms with Crippen molar-refractivity contribution in [3.63, 3.8) is 0 Å². The molecule has 0 unspecified atom stereocenters. The van der Waals surface area contributed by atoms with E-state index >= 15 is 0 Å². The first-order chi connectivity index (χ1) is 13.7. The predicted octanol–water partition coefficient (Wildman–Crippen LogP) is 3.91. The molecular formula is C20H24Cl2N2O4S. The van der Waals surface area contributed by atoms with Gasteiger partial charge in [0.25, 0.3) is 0 Å². The van der Waals surface area contributed by atoms with Gasteiger partial charge in [0.15, 0.2) is 0 Å². The maximum atomic E-state index is 12.3. The SMILES string of the molecule is CCOc1ccc(CCCNC(=O)CN(c2cc(Cl)cc(Cl)c2)S(C)(=O)=O)cc1. The lowest BCUT2D eigenvalue weighted by molar-refractivity contribution is -0.119. The number of anilines is 1. The van der Waals surface area contributed by atoms with E-state index in [4.69, 9.17) is 27.9 Å². The second-order valence-corrected chi connectivity index (χ2v) is 9.21. The van der Waals surface area contributed by atoms with E-state index in [0.29, 0.717) is 13.2 Å². The Kier molecular flexibility index (Phi) is 8.61. The standard InChI is InChI=1S/C20H24Cl2N2O4S/c1-3-28-19-8-6-15(7-9-19)5-4-10-23-20(25)14-24(29(2,26)27)18-12-16(21)11-17(22)13-18/h6-9,11-13H,3-5,10,14H2,1-2H3,(H,23,25). The molecule has 0 saturated carbocycles. The molecule has 29 heavy (non-hydrogen) atoms. The average molecular weight is 459 g/mol. The number of hydrogen-bond donors (Lipinski definition) is 1. The molecule has 2 rings (SSSR count). The zero-order chi connectivity index (χ0) is 21.4. The lowest BCUT2D eigenvalue weighted by Gasteiger charge is -2.22. The highest BCUT2D eigenvalue weighted by Gasteiger charge is 2.21. The van der Waals surface area contributed by atoms with Crippen molar-refractivity contribution in [1.29, 1.82) is 0 Å². The molecule has 0 spiro atoms. The van der Waals surface area contributed by atoms with Gasteiger partial charge in [0, 0.05) is 16.6 Å². The summed E-state index contributed by atoms with van der Waals surface area (Å²) in [5, 5.41) is 3.33. The largest absolute Gasteiger partial charge is 0.494 e. The fraction of sp³-hybridized carbons (Fsp3) is 0.350. The van der Waals surface area contributed by atoms with Gasteiger partial charge in [-0.3, -0.25) is 9.10 Å². The number of halogens is 2. The van der Waals surface area contributed by atoms with Crippen LogP contribution in [0.1, 0.15) is 18.9 Å². The van der Waals surface area contributed by atoms with Gasteiger partial charge in [-0.2, -0.15) is 0 Å². The second kappa shape index (κ2) is 10.7. The third-order valence-electron chi connectivity index (χ3n) is 4.02. The van der Waals surface area contributed by atoms with Crippen molar-refractivity contribution in [3.05, 3.63) is 58.1 Å². The monoisotopic (exact) mass is 458 g/mol. The molecule has 0 heterocycles. The number of benzene rings is 2. The minimum absolute atomic E-state index is 0.245. The molecule has 9 heteroatoms. The first-order valence-corrected chi connectivity index (χ1v) is 11.7. The fourth-order valence-electron chi connectivity index (χ4n) is 2.71. The highest BCUT2D eigenvalue weighted by Crippen LogP contribution is 2.26. The van der Waals surface area contributed by atoms with E-state index in [-0.39, 0.29) is 22.3 Å². The maximum absolute atomic E-state index is 12.3. The van der Waals surface area contributed by atoms with Gasteiger partial charge in [-0.05, 0) is 55.7 Å². The molecule has 2 aromatic carbocycles. The van der Waals surface area contributed by atoms with Crippen LogP contribution in [0.3, 0.4) is 0 Å². The molecule has 0 saturated heterocycles. The molecule has 0 aliphatic carbocycles. The zero-order valence-corrected chi connectivity index (χ0v) is 18.6. The number of carbonyl (C=O) groups is 1. The van der Waals surface area contributed by atoms with E-state index in [1.165, 1.54) is 18.2 Å². The van der Waals surface area contributed by atoms with E-state index in [9.17, 15) is 13.2 Å². The maximum Gasteiger partial charge on any atom is 0.240 e. The van der Waals surface area contributed by atoms with Crippen LogP contribution in [-0.4, -0.2) is 40.3 Å². The molecule has 158 valence electrons. The van der Waals surface area contributed by atoms with Crippen LogP contribution in [0.2, 0.25) is 10.0 Å². The molecule has 6 nitrogen and oxygen atoms in total. The number of carbonyl (C=O) groups excluding carboxylic acids is 1. The van der Waals surface area contributed by atoms with Crippen molar-refractivity contribution in [3.8, 4) is 5.75 Å². The number of sulfonamides is 1. The summed E-state index contributed by atoms with van der Waals surface area (Å²) in [6.45, 7) is 2.64. The van der Waals surface area contributed by atoms with Gasteiger partial charge in [-0.15, -0.1) is 0 Å². The van der Waals surface area contributed by atoms with Gasteiger partial charge in [0.2, 0.25) is 15.9 Å². The number of amides is 1. The van der Waals surface area contributed by atoms with E-state index in [2.05, 4.69) is 5.32 Å². The molecule has 0 aliphatic rings. The van der Waals surface area contributed by atoms with Crippen molar-refractivity contribution in [2.75, 3.05) is 30.3 Å². The van der Waals surface area contributed by atoms with E-state index in [1.807, 2.05) is 31.2 Å². The molecule has 2 aromatic rings. The Bertz CT molecular complexity index is 914. The molecule has 0 fully saturated rings. The number of ether oxygens (including phenoxy) is 1. The van der Waals surface area contributed by atoms with Gasteiger partial charge < -0.3 is 10.1 Å². The molecular weight excluding hydrogens is 435 g/mol. The number of hydrogen-bond acceptors (Lipinski definition) is 4. The third kappa shape index (κ3) is 7.76. The van der Waals surface area contributed by atoms with Gasteiger partial charge >= 0.3 is 0 Å². The van der Waals surface area contributed by atoms with Crippen LogP contribution in [-0.2, 0) is 21.2 Å². The lowest BCUT2D eigenvalue weighted by Crippen LogP contribution is -2.40. The van der Waals surface area contributed by atoms with Crippen molar-refractivity contribution in [2.24, 2.45) is 0 Å². The van der Waals surface area contributed by atoms with Crippen LogP contribution in [0, 0.1) is 0 Å². The quantitative estimate of drug-likeness (QED) is 0.547. The summed E-state index contributed by atoms with van der Waals surface area (Å²) >= 11 is 11.9.